The van der Waals surface area contributed by atoms with Gasteiger partial charge in [0.2, 0.25) is 0 Å². The molecule has 2 rings (SSSR count). The van der Waals surface area contributed by atoms with Crippen LogP contribution in [0.25, 0.3) is 0 Å². The Hall–Kier alpha value is -0.350. The Bertz CT molecular complexity index is 461. The van der Waals surface area contributed by atoms with Gasteiger partial charge in [0, 0.05) is 19.5 Å². The molecule has 1 atom stereocenters. The van der Waals surface area contributed by atoms with E-state index in [4.69, 9.17) is 0 Å². The number of nitrogens with one attached hydrogen (secondary N) is 1. The minimum absolute atomic E-state index is 0.421. The molecule has 0 saturated heterocycles. The summed E-state index contributed by atoms with van der Waals surface area (Å²) in [6.07, 6.45) is 8.91. The van der Waals surface area contributed by atoms with Crippen molar-refractivity contribution in [2.24, 2.45) is 12.5 Å². The third-order valence-electron chi connectivity index (χ3n) is 5.19. The lowest BCUT2D eigenvalue weighted by atomic mass is 9.69. The zero-order chi connectivity index (χ0) is 15.5. The SMILES string of the molecule is CCNC(Cc1c(Br)c(CC)nn1C)C1(C)CCCCC1. The van der Waals surface area contributed by atoms with E-state index in [1.54, 1.807) is 0 Å². The first kappa shape index (κ1) is 17.0. The first-order valence-electron chi connectivity index (χ1n) is 8.45. The number of hydrogen-bond acceptors (Lipinski definition) is 2. The van der Waals surface area contributed by atoms with Gasteiger partial charge in [0.1, 0.15) is 0 Å². The number of halogens is 1. The van der Waals surface area contributed by atoms with Gasteiger partial charge in [-0.05, 0) is 47.2 Å². The molecule has 0 aliphatic heterocycles. The molecule has 3 nitrogen and oxygen atoms in total. The predicted molar refractivity (Wildman–Crippen MR) is 92.6 cm³/mol. The fourth-order valence-corrected chi connectivity index (χ4v) is 4.53. The van der Waals surface area contributed by atoms with E-state index >= 15 is 0 Å². The van der Waals surface area contributed by atoms with Crippen LogP contribution in [0, 0.1) is 5.41 Å². The van der Waals surface area contributed by atoms with Crippen LogP contribution in [-0.4, -0.2) is 22.4 Å². The maximum atomic E-state index is 4.65. The van der Waals surface area contributed by atoms with Crippen molar-refractivity contribution in [3.05, 3.63) is 15.9 Å². The fourth-order valence-electron chi connectivity index (χ4n) is 3.75. The molecule has 1 saturated carbocycles. The average molecular weight is 356 g/mol. The maximum Gasteiger partial charge on any atom is 0.0766 e. The second kappa shape index (κ2) is 7.28. The van der Waals surface area contributed by atoms with Crippen LogP contribution in [0.3, 0.4) is 0 Å². The highest BCUT2D eigenvalue weighted by atomic mass is 79.9. The van der Waals surface area contributed by atoms with Crippen molar-refractivity contribution < 1.29 is 0 Å². The summed E-state index contributed by atoms with van der Waals surface area (Å²) < 4.78 is 3.29. The van der Waals surface area contributed by atoms with Crippen LogP contribution in [0.1, 0.15) is 64.3 Å². The molecule has 0 amide bonds. The Labute approximate surface area is 138 Å². The molecule has 1 fully saturated rings. The molecule has 0 radical (unpaired) electrons. The van der Waals surface area contributed by atoms with Gasteiger partial charge in [-0.3, -0.25) is 4.68 Å². The predicted octanol–water partition coefficient (Wildman–Crippen LogP) is 4.24. The van der Waals surface area contributed by atoms with E-state index in [2.05, 4.69) is 58.8 Å². The summed E-state index contributed by atoms with van der Waals surface area (Å²) in [5.41, 5.74) is 2.94. The Morgan fingerprint density at radius 1 is 1.29 bits per heavy atom. The number of likely N-dealkylation sites (N-methyl/N-ethyl adjacent to an activating group) is 1. The van der Waals surface area contributed by atoms with Crippen molar-refractivity contribution in [3.8, 4) is 0 Å². The van der Waals surface area contributed by atoms with E-state index in [9.17, 15) is 0 Å². The highest BCUT2D eigenvalue weighted by Gasteiger charge is 2.36. The monoisotopic (exact) mass is 355 g/mol. The van der Waals surface area contributed by atoms with Crippen molar-refractivity contribution >= 4 is 15.9 Å². The molecule has 1 N–H and O–H groups in total. The van der Waals surface area contributed by atoms with Crippen molar-refractivity contribution in [2.75, 3.05) is 6.54 Å². The largest absolute Gasteiger partial charge is 0.313 e. The van der Waals surface area contributed by atoms with Gasteiger partial charge in [-0.2, -0.15) is 5.10 Å². The molecule has 120 valence electrons. The third-order valence-corrected chi connectivity index (χ3v) is 6.10. The number of aryl methyl sites for hydroxylation is 2. The summed E-state index contributed by atoms with van der Waals surface area (Å²) in [5.74, 6) is 0. The lowest BCUT2D eigenvalue weighted by Crippen LogP contribution is -2.46. The van der Waals surface area contributed by atoms with Crippen LogP contribution in [0.2, 0.25) is 0 Å². The van der Waals surface area contributed by atoms with Crippen LogP contribution >= 0.6 is 15.9 Å². The van der Waals surface area contributed by atoms with E-state index in [1.807, 2.05) is 0 Å². The summed E-state index contributed by atoms with van der Waals surface area (Å²) >= 11 is 3.77. The smallest absolute Gasteiger partial charge is 0.0766 e. The Morgan fingerprint density at radius 2 is 1.95 bits per heavy atom. The second-order valence-corrected chi connectivity index (χ2v) is 7.51. The van der Waals surface area contributed by atoms with Crippen molar-refractivity contribution in [1.29, 1.82) is 0 Å². The van der Waals surface area contributed by atoms with Gasteiger partial charge in [0.05, 0.1) is 15.9 Å². The third kappa shape index (κ3) is 3.70. The molecule has 0 bridgehead atoms. The molecule has 1 aromatic heterocycles. The van der Waals surface area contributed by atoms with Gasteiger partial charge in [-0.15, -0.1) is 0 Å². The van der Waals surface area contributed by atoms with E-state index in [-0.39, 0.29) is 0 Å². The number of aromatic nitrogens is 2. The van der Waals surface area contributed by atoms with Crippen LogP contribution in [0.15, 0.2) is 4.47 Å². The first-order chi connectivity index (χ1) is 10.0. The second-order valence-electron chi connectivity index (χ2n) is 6.71. The molecule has 1 aromatic rings. The lowest BCUT2D eigenvalue weighted by Gasteiger charge is -2.41. The lowest BCUT2D eigenvalue weighted by molar-refractivity contribution is 0.143. The number of nitrogens with zero attached hydrogens (tertiary/aromatic N) is 2. The van der Waals surface area contributed by atoms with Gasteiger partial charge in [0.15, 0.2) is 0 Å². The topological polar surface area (TPSA) is 29.9 Å². The Kier molecular flexibility index (Phi) is 5.89. The van der Waals surface area contributed by atoms with E-state index < -0.39 is 0 Å². The van der Waals surface area contributed by atoms with Gasteiger partial charge < -0.3 is 5.32 Å². The standard InChI is InChI=1S/C17H30BrN3/c1-5-13-16(18)14(21(4)20-13)12-15(19-6-2)17(3)10-8-7-9-11-17/h15,19H,5-12H2,1-4H3. The van der Waals surface area contributed by atoms with Crippen LogP contribution < -0.4 is 5.32 Å². The minimum Gasteiger partial charge on any atom is -0.313 e. The molecule has 21 heavy (non-hydrogen) atoms. The van der Waals surface area contributed by atoms with E-state index in [0.717, 1.165) is 19.4 Å². The molecular weight excluding hydrogens is 326 g/mol. The molecule has 0 aromatic carbocycles. The highest BCUT2D eigenvalue weighted by Crippen LogP contribution is 2.40. The van der Waals surface area contributed by atoms with Gasteiger partial charge >= 0.3 is 0 Å². The molecular formula is C17H30BrN3. The summed E-state index contributed by atoms with van der Waals surface area (Å²) in [4.78, 5) is 0. The molecule has 1 heterocycles. The summed E-state index contributed by atoms with van der Waals surface area (Å²) in [7, 11) is 2.07. The van der Waals surface area contributed by atoms with E-state index in [0.29, 0.717) is 11.5 Å². The minimum atomic E-state index is 0.421. The molecule has 1 aliphatic rings. The Morgan fingerprint density at radius 3 is 2.48 bits per heavy atom. The van der Waals surface area contributed by atoms with Gasteiger partial charge in [0.25, 0.3) is 0 Å². The fraction of sp³-hybridized carbons (Fsp3) is 0.824. The van der Waals surface area contributed by atoms with E-state index in [1.165, 1.54) is 48.0 Å². The van der Waals surface area contributed by atoms with Crippen molar-refractivity contribution in [2.45, 2.75) is 71.8 Å². The number of rotatable bonds is 6. The normalized spacial score (nSPS) is 19.7. The van der Waals surface area contributed by atoms with Crippen molar-refractivity contribution in [3.63, 3.8) is 0 Å². The van der Waals surface area contributed by atoms with Crippen molar-refractivity contribution in [1.82, 2.24) is 15.1 Å². The first-order valence-corrected chi connectivity index (χ1v) is 9.24. The molecule has 4 heteroatoms. The zero-order valence-corrected chi connectivity index (χ0v) is 15.6. The Balaban J connectivity index is 2.21. The molecule has 1 aliphatic carbocycles. The maximum absolute atomic E-state index is 4.65. The summed E-state index contributed by atoms with van der Waals surface area (Å²) in [6.45, 7) is 7.90. The summed E-state index contributed by atoms with van der Waals surface area (Å²) in [5, 5.41) is 8.41. The van der Waals surface area contributed by atoms with Crippen LogP contribution in [-0.2, 0) is 19.9 Å². The van der Waals surface area contributed by atoms with Gasteiger partial charge in [-0.1, -0.05) is 40.0 Å². The van der Waals surface area contributed by atoms with Crippen LogP contribution in [0.5, 0.6) is 0 Å². The van der Waals surface area contributed by atoms with Gasteiger partial charge in [-0.25, -0.2) is 0 Å². The highest BCUT2D eigenvalue weighted by molar-refractivity contribution is 9.10. The molecule has 0 spiro atoms. The summed E-state index contributed by atoms with van der Waals surface area (Å²) in [6, 6.07) is 0.541. The quantitative estimate of drug-likeness (QED) is 0.826. The zero-order valence-electron chi connectivity index (χ0n) is 14.0. The molecule has 1 unspecified atom stereocenters. The number of hydrogen-bond donors (Lipinski definition) is 1. The van der Waals surface area contributed by atoms with Crippen LogP contribution in [0.4, 0.5) is 0 Å². The average Bonchev–Trinajstić information content (AvgIpc) is 2.74.